The molecule has 3 nitrogen and oxygen atoms in total. The zero-order valence-electron chi connectivity index (χ0n) is 12.2. The molecule has 0 spiro atoms. The zero-order chi connectivity index (χ0) is 14.8. The van der Waals surface area contributed by atoms with Gasteiger partial charge in [0.05, 0.1) is 18.8 Å². The SMILES string of the molecule is CC1CC(NCC2CCN(CC(F)(F)F)C2)CC(C)O1. The molecule has 0 aliphatic carbocycles. The number of alkyl halides is 3. The van der Waals surface area contributed by atoms with Crippen LogP contribution < -0.4 is 5.32 Å². The first-order valence-electron chi connectivity index (χ1n) is 7.50. The van der Waals surface area contributed by atoms with Crippen molar-refractivity contribution in [3.63, 3.8) is 0 Å². The second-order valence-electron chi connectivity index (χ2n) is 6.34. The van der Waals surface area contributed by atoms with Gasteiger partial charge in [-0.25, -0.2) is 0 Å². The van der Waals surface area contributed by atoms with Gasteiger partial charge in [0.25, 0.3) is 0 Å². The monoisotopic (exact) mass is 294 g/mol. The largest absolute Gasteiger partial charge is 0.401 e. The van der Waals surface area contributed by atoms with Crippen LogP contribution in [0, 0.1) is 5.92 Å². The van der Waals surface area contributed by atoms with Gasteiger partial charge in [-0.05, 0) is 52.1 Å². The van der Waals surface area contributed by atoms with Gasteiger partial charge in [0.15, 0.2) is 0 Å². The van der Waals surface area contributed by atoms with Crippen molar-refractivity contribution in [2.45, 2.75) is 57.5 Å². The first-order chi connectivity index (χ1) is 9.32. The van der Waals surface area contributed by atoms with Gasteiger partial charge in [-0.1, -0.05) is 0 Å². The van der Waals surface area contributed by atoms with Crippen LogP contribution in [-0.2, 0) is 4.74 Å². The van der Waals surface area contributed by atoms with Gasteiger partial charge in [-0.3, -0.25) is 4.90 Å². The fraction of sp³-hybridized carbons (Fsp3) is 1.00. The molecule has 118 valence electrons. The number of ether oxygens (including phenoxy) is 1. The molecule has 0 aromatic heterocycles. The van der Waals surface area contributed by atoms with Crippen molar-refractivity contribution < 1.29 is 17.9 Å². The van der Waals surface area contributed by atoms with Crippen molar-refractivity contribution in [3.8, 4) is 0 Å². The molecule has 0 bridgehead atoms. The Morgan fingerprint density at radius 2 is 1.85 bits per heavy atom. The summed E-state index contributed by atoms with van der Waals surface area (Å²) in [5.74, 6) is 0.339. The van der Waals surface area contributed by atoms with Crippen LogP contribution in [0.15, 0.2) is 0 Å². The minimum Gasteiger partial charge on any atom is -0.375 e. The Morgan fingerprint density at radius 3 is 2.45 bits per heavy atom. The molecule has 2 aliphatic heterocycles. The van der Waals surface area contributed by atoms with E-state index < -0.39 is 12.7 Å². The second kappa shape index (κ2) is 6.62. The van der Waals surface area contributed by atoms with Crippen molar-refractivity contribution in [3.05, 3.63) is 0 Å². The number of likely N-dealkylation sites (tertiary alicyclic amines) is 1. The normalized spacial score (nSPS) is 36.5. The quantitative estimate of drug-likeness (QED) is 0.862. The van der Waals surface area contributed by atoms with E-state index >= 15 is 0 Å². The van der Waals surface area contributed by atoms with Crippen molar-refractivity contribution >= 4 is 0 Å². The van der Waals surface area contributed by atoms with Crippen LogP contribution in [0.25, 0.3) is 0 Å². The highest BCUT2D eigenvalue weighted by Gasteiger charge is 2.34. The smallest absolute Gasteiger partial charge is 0.375 e. The molecule has 0 radical (unpaired) electrons. The predicted molar refractivity (Wildman–Crippen MR) is 71.6 cm³/mol. The number of hydrogen-bond donors (Lipinski definition) is 1. The Kier molecular flexibility index (Phi) is 5.31. The molecule has 2 fully saturated rings. The maximum absolute atomic E-state index is 12.3. The summed E-state index contributed by atoms with van der Waals surface area (Å²) in [5, 5.41) is 3.52. The van der Waals surface area contributed by atoms with Gasteiger partial charge in [0.1, 0.15) is 0 Å². The summed E-state index contributed by atoms with van der Waals surface area (Å²) in [6.45, 7) is 5.32. The maximum atomic E-state index is 12.3. The zero-order valence-corrected chi connectivity index (χ0v) is 12.2. The molecule has 6 heteroatoms. The van der Waals surface area contributed by atoms with Crippen molar-refractivity contribution in [2.24, 2.45) is 5.92 Å². The first-order valence-corrected chi connectivity index (χ1v) is 7.50. The number of nitrogens with one attached hydrogen (secondary N) is 1. The molecule has 3 atom stereocenters. The Hall–Kier alpha value is -0.330. The van der Waals surface area contributed by atoms with E-state index in [1.807, 2.05) is 0 Å². The highest BCUT2D eigenvalue weighted by Crippen LogP contribution is 2.23. The Morgan fingerprint density at radius 1 is 1.20 bits per heavy atom. The highest BCUT2D eigenvalue weighted by atomic mass is 19.4. The Bertz CT molecular complexity index is 301. The molecule has 20 heavy (non-hydrogen) atoms. The molecular formula is C14H25F3N2O. The molecule has 0 amide bonds. The van der Waals surface area contributed by atoms with Gasteiger partial charge < -0.3 is 10.1 Å². The predicted octanol–water partition coefficient (Wildman–Crippen LogP) is 2.42. The Labute approximate surface area is 118 Å². The van der Waals surface area contributed by atoms with Gasteiger partial charge in [-0.2, -0.15) is 13.2 Å². The number of hydrogen-bond acceptors (Lipinski definition) is 3. The van der Waals surface area contributed by atoms with E-state index in [2.05, 4.69) is 19.2 Å². The van der Waals surface area contributed by atoms with Gasteiger partial charge >= 0.3 is 6.18 Å². The van der Waals surface area contributed by atoms with E-state index in [0.29, 0.717) is 25.0 Å². The highest BCUT2D eigenvalue weighted by molar-refractivity contribution is 4.83. The number of halogens is 3. The van der Waals surface area contributed by atoms with Crippen molar-refractivity contribution in [1.29, 1.82) is 0 Å². The van der Waals surface area contributed by atoms with Crippen LogP contribution >= 0.6 is 0 Å². The molecule has 3 unspecified atom stereocenters. The lowest BCUT2D eigenvalue weighted by Gasteiger charge is -2.33. The fourth-order valence-electron chi connectivity index (χ4n) is 3.38. The number of rotatable bonds is 4. The lowest BCUT2D eigenvalue weighted by molar-refractivity contribution is -0.143. The molecular weight excluding hydrogens is 269 g/mol. The molecule has 0 aromatic carbocycles. The van der Waals surface area contributed by atoms with E-state index in [-0.39, 0.29) is 12.2 Å². The van der Waals surface area contributed by atoms with Gasteiger partial charge in [-0.15, -0.1) is 0 Å². The van der Waals surface area contributed by atoms with Gasteiger partial charge in [0, 0.05) is 12.6 Å². The summed E-state index contributed by atoms with van der Waals surface area (Å²) in [6, 6.07) is 0.436. The molecule has 0 saturated carbocycles. The second-order valence-corrected chi connectivity index (χ2v) is 6.34. The summed E-state index contributed by atoms with van der Waals surface area (Å²) in [5.41, 5.74) is 0. The van der Waals surface area contributed by atoms with Crippen LogP contribution in [0.2, 0.25) is 0 Å². The summed E-state index contributed by atoms with van der Waals surface area (Å²) in [6.07, 6.45) is -0.707. The van der Waals surface area contributed by atoms with Gasteiger partial charge in [0.2, 0.25) is 0 Å². The minimum absolute atomic E-state index is 0.265. The Balaban J connectivity index is 1.68. The van der Waals surface area contributed by atoms with E-state index in [1.54, 1.807) is 0 Å². The first kappa shape index (κ1) is 16.0. The molecule has 0 aromatic rings. The molecule has 2 rings (SSSR count). The van der Waals surface area contributed by atoms with Crippen LogP contribution in [-0.4, -0.2) is 55.5 Å². The minimum atomic E-state index is -4.08. The standard InChI is InChI=1S/C14H25F3N2O/c1-10-5-13(6-11(2)20-10)18-7-12-3-4-19(8-12)9-14(15,16)17/h10-13,18H,3-9H2,1-2H3. The van der Waals surface area contributed by atoms with Crippen LogP contribution in [0.1, 0.15) is 33.1 Å². The molecule has 1 N–H and O–H groups in total. The van der Waals surface area contributed by atoms with E-state index in [1.165, 1.54) is 4.90 Å². The van der Waals surface area contributed by atoms with E-state index in [0.717, 1.165) is 25.8 Å². The average Bonchev–Trinajstić information content (AvgIpc) is 2.70. The topological polar surface area (TPSA) is 24.5 Å². The third kappa shape index (κ3) is 5.22. The summed E-state index contributed by atoms with van der Waals surface area (Å²) < 4.78 is 42.7. The maximum Gasteiger partial charge on any atom is 0.401 e. The summed E-state index contributed by atoms with van der Waals surface area (Å²) >= 11 is 0. The van der Waals surface area contributed by atoms with Crippen LogP contribution in [0.5, 0.6) is 0 Å². The molecule has 2 saturated heterocycles. The lowest BCUT2D eigenvalue weighted by atomic mass is 9.99. The third-order valence-corrected chi connectivity index (χ3v) is 4.17. The fourth-order valence-corrected chi connectivity index (χ4v) is 3.38. The van der Waals surface area contributed by atoms with Crippen LogP contribution in [0.4, 0.5) is 13.2 Å². The summed E-state index contributed by atoms with van der Waals surface area (Å²) in [7, 11) is 0. The number of nitrogens with zero attached hydrogens (tertiary/aromatic N) is 1. The van der Waals surface area contributed by atoms with Crippen molar-refractivity contribution in [1.82, 2.24) is 10.2 Å². The van der Waals surface area contributed by atoms with Crippen LogP contribution in [0.3, 0.4) is 0 Å². The van der Waals surface area contributed by atoms with E-state index in [9.17, 15) is 13.2 Å². The third-order valence-electron chi connectivity index (χ3n) is 4.17. The summed E-state index contributed by atoms with van der Waals surface area (Å²) in [4.78, 5) is 1.52. The molecule has 2 heterocycles. The lowest BCUT2D eigenvalue weighted by Crippen LogP contribution is -2.43. The van der Waals surface area contributed by atoms with Crippen molar-refractivity contribution in [2.75, 3.05) is 26.2 Å². The van der Waals surface area contributed by atoms with E-state index in [4.69, 9.17) is 4.74 Å². The molecule has 2 aliphatic rings. The average molecular weight is 294 g/mol.